The number of carbonyl (C=O) groups excluding carboxylic acids is 2. The molecular weight excluding hydrogens is 377 g/mol. The second-order valence-corrected chi connectivity index (χ2v) is 6.75. The Morgan fingerprint density at radius 2 is 2.26 bits per heavy atom. The molecule has 2 N–H and O–H groups in total. The molecule has 140 valence electrons. The molecule has 2 aliphatic heterocycles. The maximum atomic E-state index is 14.5. The topological polar surface area (TPSA) is 109 Å². The van der Waals surface area contributed by atoms with Gasteiger partial charge in [-0.05, 0) is 18.2 Å². The molecule has 0 saturated carbocycles. The first-order valence-electron chi connectivity index (χ1n) is 8.02. The Balaban J connectivity index is 1.44. The summed E-state index contributed by atoms with van der Waals surface area (Å²) < 4.78 is 24.5. The van der Waals surface area contributed by atoms with Crippen molar-refractivity contribution in [2.75, 3.05) is 29.1 Å². The van der Waals surface area contributed by atoms with E-state index in [-0.39, 0.29) is 23.8 Å². The fraction of sp³-hybridized carbons (Fsp3) is 0.250. The maximum absolute atomic E-state index is 14.5. The summed E-state index contributed by atoms with van der Waals surface area (Å²) in [5.41, 5.74) is 2.97. The molecular formula is C16H14FN5O4S. The summed E-state index contributed by atoms with van der Waals surface area (Å²) in [6.45, 7) is 0.622. The van der Waals surface area contributed by atoms with Crippen molar-refractivity contribution in [3.8, 4) is 0 Å². The SMILES string of the molecule is O=C1CSC(c2ccc(N3CC(CNc4ccon4)OC3=O)cc2F)=NN1. The van der Waals surface area contributed by atoms with Gasteiger partial charge in [0, 0.05) is 11.6 Å². The second kappa shape index (κ2) is 7.27. The Bertz CT molecular complexity index is 904. The zero-order chi connectivity index (χ0) is 18.8. The highest BCUT2D eigenvalue weighted by atomic mass is 32.2. The van der Waals surface area contributed by atoms with Gasteiger partial charge in [0.15, 0.2) is 5.82 Å². The Labute approximate surface area is 156 Å². The highest BCUT2D eigenvalue weighted by Crippen LogP contribution is 2.26. The van der Waals surface area contributed by atoms with Gasteiger partial charge in [0.25, 0.3) is 5.91 Å². The molecule has 1 fully saturated rings. The van der Waals surface area contributed by atoms with Crippen LogP contribution >= 0.6 is 11.8 Å². The van der Waals surface area contributed by atoms with Gasteiger partial charge in [-0.15, -0.1) is 0 Å². The van der Waals surface area contributed by atoms with E-state index in [1.165, 1.54) is 23.3 Å². The number of rotatable bonds is 5. The van der Waals surface area contributed by atoms with Crippen LogP contribution < -0.4 is 15.6 Å². The summed E-state index contributed by atoms with van der Waals surface area (Å²) in [6.07, 6.45) is 0.469. The van der Waals surface area contributed by atoms with E-state index >= 15 is 0 Å². The van der Waals surface area contributed by atoms with Gasteiger partial charge in [-0.1, -0.05) is 16.9 Å². The van der Waals surface area contributed by atoms with E-state index in [1.807, 2.05) is 0 Å². The molecule has 9 nitrogen and oxygen atoms in total. The lowest BCUT2D eigenvalue weighted by Crippen LogP contribution is -2.28. The lowest BCUT2D eigenvalue weighted by Gasteiger charge is -2.16. The van der Waals surface area contributed by atoms with Crippen molar-refractivity contribution in [2.24, 2.45) is 5.10 Å². The van der Waals surface area contributed by atoms with Gasteiger partial charge in [0.2, 0.25) is 0 Å². The molecule has 0 spiro atoms. The van der Waals surface area contributed by atoms with E-state index < -0.39 is 18.0 Å². The molecule has 2 amide bonds. The molecule has 0 aliphatic carbocycles. The first-order chi connectivity index (χ1) is 13.1. The number of hydrogen-bond donors (Lipinski definition) is 2. The molecule has 1 saturated heterocycles. The molecule has 1 unspecified atom stereocenters. The molecule has 0 bridgehead atoms. The predicted octanol–water partition coefficient (Wildman–Crippen LogP) is 1.78. The van der Waals surface area contributed by atoms with Crippen LogP contribution in [0.25, 0.3) is 0 Å². The van der Waals surface area contributed by atoms with Crippen LogP contribution in [0.3, 0.4) is 0 Å². The molecule has 1 atom stereocenters. The number of thioether (sulfide) groups is 1. The molecule has 27 heavy (non-hydrogen) atoms. The number of aromatic nitrogens is 1. The van der Waals surface area contributed by atoms with Gasteiger partial charge in [-0.25, -0.2) is 14.6 Å². The molecule has 0 radical (unpaired) electrons. The van der Waals surface area contributed by atoms with E-state index in [1.54, 1.807) is 12.1 Å². The van der Waals surface area contributed by atoms with E-state index in [9.17, 15) is 14.0 Å². The molecule has 2 aliphatic rings. The molecule has 3 heterocycles. The van der Waals surface area contributed by atoms with Gasteiger partial charge in [-0.2, -0.15) is 5.10 Å². The van der Waals surface area contributed by atoms with Crippen LogP contribution in [-0.4, -0.2) is 47.1 Å². The van der Waals surface area contributed by atoms with Crippen molar-refractivity contribution in [1.29, 1.82) is 0 Å². The third-order valence-corrected chi connectivity index (χ3v) is 4.93. The largest absolute Gasteiger partial charge is 0.442 e. The highest BCUT2D eigenvalue weighted by molar-refractivity contribution is 8.15. The number of anilines is 2. The van der Waals surface area contributed by atoms with Crippen molar-refractivity contribution in [3.05, 3.63) is 41.9 Å². The molecule has 1 aromatic carbocycles. The van der Waals surface area contributed by atoms with E-state index in [2.05, 4.69) is 21.0 Å². The normalized spacial score (nSPS) is 19.5. The minimum Gasteiger partial charge on any atom is -0.442 e. The number of halogens is 1. The van der Waals surface area contributed by atoms with Crippen molar-refractivity contribution in [1.82, 2.24) is 10.6 Å². The molecule has 11 heteroatoms. The van der Waals surface area contributed by atoms with Crippen LogP contribution in [0.2, 0.25) is 0 Å². The van der Waals surface area contributed by atoms with Crippen LogP contribution in [0.5, 0.6) is 0 Å². The number of nitrogens with one attached hydrogen (secondary N) is 2. The Hall–Kier alpha value is -3.08. The number of amides is 2. The number of hydrogen-bond acceptors (Lipinski definition) is 8. The number of benzene rings is 1. The summed E-state index contributed by atoms with van der Waals surface area (Å²) in [5, 5.41) is 10.9. The lowest BCUT2D eigenvalue weighted by atomic mass is 10.2. The summed E-state index contributed by atoms with van der Waals surface area (Å²) >= 11 is 1.15. The average Bonchev–Trinajstić information content (AvgIpc) is 3.30. The van der Waals surface area contributed by atoms with Crippen LogP contribution in [0, 0.1) is 5.82 Å². The van der Waals surface area contributed by atoms with Crippen molar-refractivity contribution >= 4 is 40.3 Å². The lowest BCUT2D eigenvalue weighted by molar-refractivity contribution is -0.118. The maximum Gasteiger partial charge on any atom is 0.414 e. The van der Waals surface area contributed by atoms with Crippen LogP contribution in [0.15, 0.2) is 40.2 Å². The highest BCUT2D eigenvalue weighted by Gasteiger charge is 2.33. The quantitative estimate of drug-likeness (QED) is 0.800. The Morgan fingerprint density at radius 3 is 2.96 bits per heavy atom. The third-order valence-electron chi connectivity index (χ3n) is 3.94. The van der Waals surface area contributed by atoms with Crippen LogP contribution in [0.4, 0.5) is 20.7 Å². The summed E-state index contributed by atoms with van der Waals surface area (Å²) in [4.78, 5) is 24.6. The number of cyclic esters (lactones) is 1. The summed E-state index contributed by atoms with van der Waals surface area (Å²) in [5.74, 6) is -0.0472. The molecule has 4 rings (SSSR count). The van der Waals surface area contributed by atoms with Crippen molar-refractivity contribution in [2.45, 2.75) is 6.10 Å². The van der Waals surface area contributed by atoms with E-state index in [0.717, 1.165) is 11.8 Å². The number of nitrogens with zero attached hydrogens (tertiary/aromatic N) is 3. The van der Waals surface area contributed by atoms with Gasteiger partial charge >= 0.3 is 6.09 Å². The number of ether oxygens (including phenoxy) is 1. The average molecular weight is 391 g/mol. The van der Waals surface area contributed by atoms with Crippen LogP contribution in [-0.2, 0) is 9.53 Å². The Morgan fingerprint density at radius 1 is 1.37 bits per heavy atom. The van der Waals surface area contributed by atoms with Gasteiger partial charge in [-0.3, -0.25) is 9.69 Å². The fourth-order valence-electron chi connectivity index (χ4n) is 2.66. The van der Waals surface area contributed by atoms with E-state index in [4.69, 9.17) is 9.26 Å². The first-order valence-corrected chi connectivity index (χ1v) is 9.00. The zero-order valence-corrected chi connectivity index (χ0v) is 14.7. The Kier molecular flexibility index (Phi) is 4.67. The minimum absolute atomic E-state index is 0.179. The van der Waals surface area contributed by atoms with Gasteiger partial charge < -0.3 is 14.6 Å². The number of carbonyl (C=O) groups is 2. The molecule has 1 aromatic heterocycles. The standard InChI is InChI=1S/C16H14FN5O4S/c17-12-5-9(1-2-11(12)15-20-19-14(23)8-27-15)22-7-10(26-16(22)24)6-18-13-3-4-25-21-13/h1-5,10H,6-8H2,(H,18,21)(H,19,23). The zero-order valence-electron chi connectivity index (χ0n) is 13.8. The monoisotopic (exact) mass is 391 g/mol. The second-order valence-electron chi connectivity index (χ2n) is 5.79. The third kappa shape index (κ3) is 3.72. The minimum atomic E-state index is -0.550. The van der Waals surface area contributed by atoms with Crippen molar-refractivity contribution in [3.63, 3.8) is 0 Å². The van der Waals surface area contributed by atoms with Gasteiger partial charge in [0.05, 0.1) is 24.5 Å². The van der Waals surface area contributed by atoms with E-state index in [0.29, 0.717) is 23.1 Å². The summed E-state index contributed by atoms with van der Waals surface area (Å²) in [7, 11) is 0. The van der Waals surface area contributed by atoms with Crippen LogP contribution in [0.1, 0.15) is 5.56 Å². The molecule has 2 aromatic rings. The fourth-order valence-corrected chi connectivity index (χ4v) is 3.42. The van der Waals surface area contributed by atoms with Crippen molar-refractivity contribution < 1.29 is 23.2 Å². The number of hydrazone groups is 1. The first kappa shape index (κ1) is 17.3. The smallest absolute Gasteiger partial charge is 0.414 e. The van der Waals surface area contributed by atoms with Gasteiger partial charge in [0.1, 0.15) is 23.2 Å². The summed E-state index contributed by atoms with van der Waals surface area (Å²) in [6, 6.07) is 6.05. The predicted molar refractivity (Wildman–Crippen MR) is 96.1 cm³/mol.